The highest BCUT2D eigenvalue weighted by atomic mass is 16.6. The van der Waals surface area contributed by atoms with Crippen molar-refractivity contribution < 1.29 is 19.4 Å². The van der Waals surface area contributed by atoms with Crippen LogP contribution in [0.4, 0.5) is 5.69 Å². The standard InChI is InChI=1S/C11H13NO4/c1-7-4-9-10(16-3-2-15-9)5-8(7)12-6-11(13)14/h4-5,12H,2-3,6H2,1H3,(H,13,14). The molecule has 5 nitrogen and oxygen atoms in total. The Hall–Kier alpha value is -1.91. The largest absolute Gasteiger partial charge is 0.486 e. The maximum atomic E-state index is 10.5. The van der Waals surface area contributed by atoms with E-state index in [2.05, 4.69) is 5.32 Å². The average Bonchev–Trinajstić information content (AvgIpc) is 2.26. The number of aryl methyl sites for hydroxylation is 1. The Labute approximate surface area is 93.0 Å². The highest BCUT2D eigenvalue weighted by Crippen LogP contribution is 2.35. The molecule has 0 unspecified atom stereocenters. The Balaban J connectivity index is 2.21. The normalized spacial score (nSPS) is 13.3. The molecule has 2 rings (SSSR count). The van der Waals surface area contributed by atoms with Gasteiger partial charge in [0.2, 0.25) is 0 Å². The number of fused-ring (bicyclic) bond motifs is 1. The van der Waals surface area contributed by atoms with Gasteiger partial charge in [0.15, 0.2) is 11.5 Å². The Morgan fingerprint density at radius 3 is 2.62 bits per heavy atom. The van der Waals surface area contributed by atoms with Crippen molar-refractivity contribution in [2.75, 3.05) is 25.1 Å². The summed E-state index contributed by atoms with van der Waals surface area (Å²) in [6, 6.07) is 3.62. The molecule has 0 aromatic heterocycles. The van der Waals surface area contributed by atoms with Gasteiger partial charge in [0.1, 0.15) is 19.8 Å². The van der Waals surface area contributed by atoms with E-state index in [0.717, 1.165) is 11.3 Å². The lowest BCUT2D eigenvalue weighted by Gasteiger charge is -2.20. The summed E-state index contributed by atoms with van der Waals surface area (Å²) in [7, 11) is 0. The van der Waals surface area contributed by atoms with E-state index in [1.807, 2.05) is 13.0 Å². The van der Waals surface area contributed by atoms with Crippen LogP contribution in [0.2, 0.25) is 0 Å². The molecule has 0 amide bonds. The molecule has 0 radical (unpaired) electrons. The molecule has 1 aliphatic rings. The van der Waals surface area contributed by atoms with Gasteiger partial charge in [-0.05, 0) is 18.6 Å². The van der Waals surface area contributed by atoms with E-state index >= 15 is 0 Å². The number of carboxylic acid groups (broad SMARTS) is 1. The molecule has 86 valence electrons. The molecule has 0 atom stereocenters. The van der Waals surface area contributed by atoms with Gasteiger partial charge in [-0.15, -0.1) is 0 Å². The van der Waals surface area contributed by atoms with Gasteiger partial charge < -0.3 is 19.9 Å². The second kappa shape index (κ2) is 4.30. The maximum absolute atomic E-state index is 10.5. The van der Waals surface area contributed by atoms with Crippen molar-refractivity contribution in [3.63, 3.8) is 0 Å². The van der Waals surface area contributed by atoms with Crippen molar-refractivity contribution in [3.05, 3.63) is 17.7 Å². The molecule has 1 aromatic rings. The van der Waals surface area contributed by atoms with Crippen molar-refractivity contribution in [1.82, 2.24) is 0 Å². The van der Waals surface area contributed by atoms with Crippen LogP contribution in [-0.4, -0.2) is 30.8 Å². The Morgan fingerprint density at radius 2 is 2.00 bits per heavy atom. The Kier molecular flexibility index (Phi) is 2.85. The number of hydrogen-bond acceptors (Lipinski definition) is 4. The SMILES string of the molecule is Cc1cc2c(cc1NCC(=O)O)OCCO2. The summed E-state index contributed by atoms with van der Waals surface area (Å²) in [5.74, 6) is 0.476. The predicted molar refractivity (Wildman–Crippen MR) is 58.3 cm³/mol. The number of ether oxygens (including phenoxy) is 2. The Morgan fingerprint density at radius 1 is 1.38 bits per heavy atom. The molecule has 2 N–H and O–H groups in total. The van der Waals surface area contributed by atoms with Gasteiger partial charge in [0.05, 0.1) is 0 Å². The quantitative estimate of drug-likeness (QED) is 0.807. The molecule has 1 aromatic carbocycles. The lowest BCUT2D eigenvalue weighted by atomic mass is 10.1. The van der Waals surface area contributed by atoms with Crippen molar-refractivity contribution in [2.24, 2.45) is 0 Å². The van der Waals surface area contributed by atoms with E-state index in [-0.39, 0.29) is 6.54 Å². The minimum absolute atomic E-state index is 0.111. The molecule has 0 aliphatic carbocycles. The Bertz CT molecular complexity index is 417. The second-order valence-electron chi connectivity index (χ2n) is 3.56. The summed E-state index contributed by atoms with van der Waals surface area (Å²) in [5, 5.41) is 11.4. The highest BCUT2D eigenvalue weighted by Gasteiger charge is 2.14. The van der Waals surface area contributed by atoms with Crippen LogP contribution in [0.3, 0.4) is 0 Å². The molecule has 0 saturated heterocycles. The molecule has 1 aliphatic heterocycles. The monoisotopic (exact) mass is 223 g/mol. The predicted octanol–water partition coefficient (Wildman–Crippen LogP) is 1.26. The molecular formula is C11H13NO4. The fourth-order valence-corrected chi connectivity index (χ4v) is 1.55. The van der Waals surface area contributed by atoms with Crippen LogP contribution in [0.25, 0.3) is 0 Å². The van der Waals surface area contributed by atoms with E-state index in [1.54, 1.807) is 6.07 Å². The first-order valence-electron chi connectivity index (χ1n) is 5.03. The van der Waals surface area contributed by atoms with Crippen molar-refractivity contribution in [3.8, 4) is 11.5 Å². The lowest BCUT2D eigenvalue weighted by Crippen LogP contribution is -2.17. The molecule has 16 heavy (non-hydrogen) atoms. The van der Waals surface area contributed by atoms with Crippen LogP contribution >= 0.6 is 0 Å². The molecular weight excluding hydrogens is 210 g/mol. The van der Waals surface area contributed by atoms with Crippen LogP contribution in [0, 0.1) is 6.92 Å². The fraction of sp³-hybridized carbons (Fsp3) is 0.364. The number of aliphatic carboxylic acids is 1. The first-order chi connectivity index (χ1) is 7.66. The number of nitrogens with one attached hydrogen (secondary N) is 1. The topological polar surface area (TPSA) is 67.8 Å². The maximum Gasteiger partial charge on any atom is 0.322 e. The third-order valence-corrected chi connectivity index (χ3v) is 2.32. The summed E-state index contributed by atoms with van der Waals surface area (Å²) in [6.07, 6.45) is 0. The molecule has 0 fully saturated rings. The minimum Gasteiger partial charge on any atom is -0.486 e. The number of hydrogen-bond donors (Lipinski definition) is 2. The summed E-state index contributed by atoms with van der Waals surface area (Å²) in [5.41, 5.74) is 1.69. The summed E-state index contributed by atoms with van der Waals surface area (Å²) in [4.78, 5) is 10.5. The summed E-state index contributed by atoms with van der Waals surface area (Å²) in [6.45, 7) is 2.85. The van der Waals surface area contributed by atoms with Crippen LogP contribution in [0.1, 0.15) is 5.56 Å². The van der Waals surface area contributed by atoms with E-state index in [1.165, 1.54) is 0 Å². The first kappa shape index (κ1) is 10.6. The van der Waals surface area contributed by atoms with Gasteiger partial charge >= 0.3 is 5.97 Å². The third kappa shape index (κ3) is 2.18. The zero-order valence-electron chi connectivity index (χ0n) is 8.95. The first-order valence-corrected chi connectivity index (χ1v) is 5.03. The molecule has 1 heterocycles. The van der Waals surface area contributed by atoms with Crippen molar-refractivity contribution in [2.45, 2.75) is 6.92 Å². The van der Waals surface area contributed by atoms with E-state index in [4.69, 9.17) is 14.6 Å². The zero-order chi connectivity index (χ0) is 11.5. The van der Waals surface area contributed by atoms with Crippen LogP contribution in [0.15, 0.2) is 12.1 Å². The second-order valence-corrected chi connectivity index (χ2v) is 3.56. The molecule has 0 spiro atoms. The highest BCUT2D eigenvalue weighted by molar-refractivity contribution is 5.74. The summed E-state index contributed by atoms with van der Waals surface area (Å²) >= 11 is 0. The number of carboxylic acids is 1. The van der Waals surface area contributed by atoms with Gasteiger partial charge in [-0.2, -0.15) is 0 Å². The van der Waals surface area contributed by atoms with Gasteiger partial charge in [-0.3, -0.25) is 4.79 Å². The van der Waals surface area contributed by atoms with Crippen LogP contribution < -0.4 is 14.8 Å². The van der Waals surface area contributed by atoms with Crippen molar-refractivity contribution >= 4 is 11.7 Å². The van der Waals surface area contributed by atoms with Gasteiger partial charge in [-0.1, -0.05) is 0 Å². The van der Waals surface area contributed by atoms with E-state index in [9.17, 15) is 4.79 Å². The zero-order valence-corrected chi connectivity index (χ0v) is 8.95. The average molecular weight is 223 g/mol. The lowest BCUT2D eigenvalue weighted by molar-refractivity contribution is -0.134. The third-order valence-electron chi connectivity index (χ3n) is 2.32. The van der Waals surface area contributed by atoms with Gasteiger partial charge in [0.25, 0.3) is 0 Å². The smallest absolute Gasteiger partial charge is 0.322 e. The van der Waals surface area contributed by atoms with Gasteiger partial charge in [0, 0.05) is 11.8 Å². The van der Waals surface area contributed by atoms with Crippen molar-refractivity contribution in [1.29, 1.82) is 0 Å². The van der Waals surface area contributed by atoms with Crippen LogP contribution in [-0.2, 0) is 4.79 Å². The fourth-order valence-electron chi connectivity index (χ4n) is 1.55. The van der Waals surface area contributed by atoms with E-state index < -0.39 is 5.97 Å². The molecule has 5 heteroatoms. The number of benzene rings is 1. The summed E-state index contributed by atoms with van der Waals surface area (Å²) < 4.78 is 10.8. The van der Waals surface area contributed by atoms with Crippen LogP contribution in [0.5, 0.6) is 11.5 Å². The van der Waals surface area contributed by atoms with E-state index in [0.29, 0.717) is 24.7 Å². The number of rotatable bonds is 3. The number of carbonyl (C=O) groups is 1. The van der Waals surface area contributed by atoms with Gasteiger partial charge in [-0.25, -0.2) is 0 Å². The molecule has 0 bridgehead atoms. The number of anilines is 1. The molecule has 0 saturated carbocycles. The minimum atomic E-state index is -0.894.